The number of carbonyl (C=O) groups excluding carboxylic acids is 1. The summed E-state index contributed by atoms with van der Waals surface area (Å²) in [7, 11) is 0. The number of hydrogen-bond donors (Lipinski definition) is 2. The van der Waals surface area contributed by atoms with Gasteiger partial charge in [0.2, 0.25) is 5.91 Å². The van der Waals surface area contributed by atoms with E-state index in [1.807, 2.05) is 23.1 Å². The van der Waals surface area contributed by atoms with Crippen LogP contribution in [0.1, 0.15) is 20.3 Å². The molecule has 7 nitrogen and oxygen atoms in total. The number of nitrogens with one attached hydrogen (secondary N) is 2. The van der Waals surface area contributed by atoms with Crippen LogP contribution < -0.4 is 15.5 Å². The first-order valence-corrected chi connectivity index (χ1v) is 11.0. The highest BCUT2D eigenvalue weighted by Crippen LogP contribution is 2.23. The molecule has 2 saturated heterocycles. The average molecular weight is 421 g/mol. The molecule has 0 aliphatic carbocycles. The van der Waals surface area contributed by atoms with Gasteiger partial charge in [-0.2, -0.15) is 0 Å². The molecule has 0 bridgehead atoms. The third-order valence-electron chi connectivity index (χ3n) is 5.55. The summed E-state index contributed by atoms with van der Waals surface area (Å²) in [5.74, 6) is 1.05. The maximum atomic E-state index is 11.4. The molecule has 2 heterocycles. The van der Waals surface area contributed by atoms with Gasteiger partial charge in [0.15, 0.2) is 5.96 Å². The van der Waals surface area contributed by atoms with E-state index in [1.165, 1.54) is 5.69 Å². The number of anilines is 1. The van der Waals surface area contributed by atoms with Crippen molar-refractivity contribution in [1.82, 2.24) is 20.4 Å². The number of hydrogen-bond acceptors (Lipinski definition) is 4. The summed E-state index contributed by atoms with van der Waals surface area (Å²) in [5, 5.41) is 7.72. The van der Waals surface area contributed by atoms with E-state index in [9.17, 15) is 4.79 Å². The second kappa shape index (κ2) is 10.7. The van der Waals surface area contributed by atoms with E-state index in [0.29, 0.717) is 6.04 Å². The molecular formula is C21H33ClN6O. The Morgan fingerprint density at radius 2 is 2.03 bits per heavy atom. The van der Waals surface area contributed by atoms with Gasteiger partial charge in [0.05, 0.1) is 6.54 Å². The maximum absolute atomic E-state index is 11.4. The fourth-order valence-electron chi connectivity index (χ4n) is 3.89. The number of aliphatic imine (C=N–C) groups is 1. The minimum atomic E-state index is 0.171. The van der Waals surface area contributed by atoms with Gasteiger partial charge in [-0.3, -0.25) is 14.7 Å². The van der Waals surface area contributed by atoms with Gasteiger partial charge in [-0.05, 0) is 31.5 Å². The zero-order valence-electron chi connectivity index (χ0n) is 17.5. The van der Waals surface area contributed by atoms with Gasteiger partial charge in [-0.25, -0.2) is 0 Å². The standard InChI is InChI=1S/C21H33ClN6O/c1-3-23-21(24-8-10-26-11-13-27(14-12-26)17(2)29)25-19-7-9-28(16-19)20-6-4-5-18(22)15-20/h4-6,15,19H,3,7-14,16H2,1-2H3,(H2,23,24,25). The molecule has 1 unspecified atom stereocenters. The minimum Gasteiger partial charge on any atom is -0.369 e. The van der Waals surface area contributed by atoms with Crippen molar-refractivity contribution in [2.24, 2.45) is 4.99 Å². The molecule has 0 spiro atoms. The summed E-state index contributed by atoms with van der Waals surface area (Å²) in [6.07, 6.45) is 1.07. The first-order chi connectivity index (χ1) is 14.0. The zero-order chi connectivity index (χ0) is 20.6. The number of nitrogens with zero attached hydrogens (tertiary/aromatic N) is 4. The molecule has 3 rings (SSSR count). The van der Waals surface area contributed by atoms with Crippen LogP contribution in [0.2, 0.25) is 5.02 Å². The van der Waals surface area contributed by atoms with Crippen LogP contribution >= 0.6 is 11.6 Å². The van der Waals surface area contributed by atoms with E-state index >= 15 is 0 Å². The lowest BCUT2D eigenvalue weighted by Gasteiger charge is -2.33. The van der Waals surface area contributed by atoms with Crippen molar-refractivity contribution in [3.05, 3.63) is 29.3 Å². The van der Waals surface area contributed by atoms with E-state index in [4.69, 9.17) is 16.6 Å². The SMILES string of the molecule is CCNC(=NCCN1CCN(C(C)=O)CC1)NC1CCN(c2cccc(Cl)c2)C1. The van der Waals surface area contributed by atoms with Crippen molar-refractivity contribution < 1.29 is 4.79 Å². The molecule has 1 amide bonds. The molecule has 0 saturated carbocycles. The Balaban J connectivity index is 1.45. The van der Waals surface area contributed by atoms with Crippen LogP contribution in [0, 0.1) is 0 Å². The quantitative estimate of drug-likeness (QED) is 0.541. The smallest absolute Gasteiger partial charge is 0.219 e. The molecule has 29 heavy (non-hydrogen) atoms. The fourth-order valence-corrected chi connectivity index (χ4v) is 4.07. The van der Waals surface area contributed by atoms with Gasteiger partial charge >= 0.3 is 0 Å². The molecule has 0 aromatic heterocycles. The molecular weight excluding hydrogens is 388 g/mol. The van der Waals surface area contributed by atoms with Gasteiger partial charge in [0, 0.05) is 76.0 Å². The Morgan fingerprint density at radius 1 is 1.24 bits per heavy atom. The van der Waals surface area contributed by atoms with Crippen LogP contribution in [0.25, 0.3) is 0 Å². The Kier molecular flexibility index (Phi) is 8.00. The van der Waals surface area contributed by atoms with E-state index in [1.54, 1.807) is 6.92 Å². The Bertz CT molecular complexity index is 704. The molecule has 2 fully saturated rings. The zero-order valence-corrected chi connectivity index (χ0v) is 18.3. The summed E-state index contributed by atoms with van der Waals surface area (Å²) >= 11 is 6.14. The molecule has 1 atom stereocenters. The van der Waals surface area contributed by atoms with Crippen molar-refractivity contribution in [3.8, 4) is 0 Å². The topological polar surface area (TPSA) is 63.2 Å². The summed E-state index contributed by atoms with van der Waals surface area (Å²) in [5.41, 5.74) is 1.17. The third-order valence-corrected chi connectivity index (χ3v) is 5.79. The third kappa shape index (κ3) is 6.51. The number of amides is 1. The lowest BCUT2D eigenvalue weighted by Crippen LogP contribution is -2.49. The van der Waals surface area contributed by atoms with Crippen molar-refractivity contribution in [2.75, 3.05) is 63.8 Å². The summed E-state index contributed by atoms with van der Waals surface area (Å²) in [4.78, 5) is 22.9. The molecule has 8 heteroatoms. The second-order valence-electron chi connectivity index (χ2n) is 7.66. The maximum Gasteiger partial charge on any atom is 0.219 e. The number of carbonyl (C=O) groups is 1. The minimum absolute atomic E-state index is 0.171. The molecule has 2 aliphatic rings. The van der Waals surface area contributed by atoms with Crippen LogP contribution in [-0.4, -0.2) is 86.6 Å². The molecule has 160 valence electrons. The Hall–Kier alpha value is -1.99. The molecule has 2 aliphatic heterocycles. The van der Waals surface area contributed by atoms with Crippen LogP contribution in [0.15, 0.2) is 29.3 Å². The van der Waals surface area contributed by atoms with Crippen LogP contribution in [0.4, 0.5) is 5.69 Å². The highest BCUT2D eigenvalue weighted by atomic mass is 35.5. The summed E-state index contributed by atoms with van der Waals surface area (Å²) in [6.45, 7) is 11.7. The van der Waals surface area contributed by atoms with Gasteiger partial charge in [-0.1, -0.05) is 17.7 Å². The van der Waals surface area contributed by atoms with E-state index in [0.717, 1.165) is 76.3 Å². The highest BCUT2D eigenvalue weighted by Gasteiger charge is 2.23. The number of halogens is 1. The monoisotopic (exact) mass is 420 g/mol. The molecule has 2 N–H and O–H groups in total. The van der Waals surface area contributed by atoms with Crippen LogP contribution in [0.3, 0.4) is 0 Å². The van der Waals surface area contributed by atoms with Gasteiger partial charge in [-0.15, -0.1) is 0 Å². The van der Waals surface area contributed by atoms with Gasteiger partial charge in [0.1, 0.15) is 0 Å². The number of benzene rings is 1. The average Bonchev–Trinajstić information content (AvgIpc) is 3.17. The predicted molar refractivity (Wildman–Crippen MR) is 120 cm³/mol. The van der Waals surface area contributed by atoms with Crippen molar-refractivity contribution in [1.29, 1.82) is 0 Å². The Morgan fingerprint density at radius 3 is 2.72 bits per heavy atom. The first-order valence-electron chi connectivity index (χ1n) is 10.6. The lowest BCUT2D eigenvalue weighted by atomic mass is 10.2. The number of rotatable bonds is 6. The van der Waals surface area contributed by atoms with Crippen LogP contribution in [-0.2, 0) is 4.79 Å². The lowest BCUT2D eigenvalue weighted by molar-refractivity contribution is -0.130. The molecule has 1 aromatic carbocycles. The van der Waals surface area contributed by atoms with Crippen molar-refractivity contribution >= 4 is 29.2 Å². The predicted octanol–water partition coefficient (Wildman–Crippen LogP) is 1.64. The summed E-state index contributed by atoms with van der Waals surface area (Å²) in [6, 6.07) is 8.41. The largest absolute Gasteiger partial charge is 0.369 e. The fraction of sp³-hybridized carbons (Fsp3) is 0.619. The van der Waals surface area contributed by atoms with Crippen molar-refractivity contribution in [3.63, 3.8) is 0 Å². The normalized spacial score (nSPS) is 20.8. The van der Waals surface area contributed by atoms with Crippen LogP contribution in [0.5, 0.6) is 0 Å². The van der Waals surface area contributed by atoms with E-state index in [-0.39, 0.29) is 5.91 Å². The molecule has 1 aromatic rings. The van der Waals surface area contributed by atoms with E-state index in [2.05, 4.69) is 33.4 Å². The van der Waals surface area contributed by atoms with E-state index < -0.39 is 0 Å². The molecule has 0 radical (unpaired) electrons. The van der Waals surface area contributed by atoms with Gasteiger partial charge in [0.25, 0.3) is 0 Å². The summed E-state index contributed by atoms with van der Waals surface area (Å²) < 4.78 is 0. The highest BCUT2D eigenvalue weighted by molar-refractivity contribution is 6.30. The number of guanidine groups is 1. The Labute approximate surface area is 179 Å². The number of piperazine rings is 1. The second-order valence-corrected chi connectivity index (χ2v) is 8.10. The van der Waals surface area contributed by atoms with Crippen molar-refractivity contribution in [2.45, 2.75) is 26.3 Å². The van der Waals surface area contributed by atoms with Gasteiger partial charge < -0.3 is 20.4 Å². The first kappa shape index (κ1) is 21.7.